The van der Waals surface area contributed by atoms with Gasteiger partial charge in [-0.05, 0) is 30.4 Å². The molecule has 0 aromatic carbocycles. The molecular formula is C15H21F3N2. The Morgan fingerprint density at radius 1 is 1.25 bits per heavy atom. The number of hydrogen-bond donors (Lipinski definition) is 1. The molecule has 0 spiro atoms. The highest BCUT2D eigenvalue weighted by atomic mass is 19.4. The standard InChI is InChI=1S/C15H21F3N2/c1-11-4-6-12(7-5-11)8-10-20-14-13(15(16,17)18)3-2-9-19-14/h2-3,9,11-12H,4-8,10H2,1H3,(H,19,20). The van der Waals surface area contributed by atoms with E-state index in [-0.39, 0.29) is 5.82 Å². The highest BCUT2D eigenvalue weighted by Gasteiger charge is 2.34. The molecule has 0 amide bonds. The van der Waals surface area contributed by atoms with E-state index in [1.807, 2.05) is 0 Å². The summed E-state index contributed by atoms with van der Waals surface area (Å²) in [6, 6.07) is 2.38. The van der Waals surface area contributed by atoms with E-state index in [4.69, 9.17) is 0 Å². The van der Waals surface area contributed by atoms with Crippen LogP contribution in [0.4, 0.5) is 19.0 Å². The Morgan fingerprint density at radius 3 is 2.60 bits per heavy atom. The zero-order valence-corrected chi connectivity index (χ0v) is 11.7. The summed E-state index contributed by atoms with van der Waals surface area (Å²) in [6.07, 6.45) is 2.82. The second kappa shape index (κ2) is 6.46. The quantitative estimate of drug-likeness (QED) is 0.865. The summed E-state index contributed by atoms with van der Waals surface area (Å²) in [5.41, 5.74) is -0.683. The van der Waals surface area contributed by atoms with Crippen LogP contribution in [0.2, 0.25) is 0 Å². The van der Waals surface area contributed by atoms with Crippen molar-refractivity contribution in [2.24, 2.45) is 11.8 Å². The molecule has 1 N–H and O–H groups in total. The highest BCUT2D eigenvalue weighted by molar-refractivity contribution is 5.45. The predicted octanol–water partition coefficient (Wildman–Crippen LogP) is 4.73. The summed E-state index contributed by atoms with van der Waals surface area (Å²) in [7, 11) is 0. The fraction of sp³-hybridized carbons (Fsp3) is 0.667. The van der Waals surface area contributed by atoms with Crippen LogP contribution in [0.15, 0.2) is 18.3 Å². The van der Waals surface area contributed by atoms with Crippen molar-refractivity contribution in [1.29, 1.82) is 0 Å². The summed E-state index contributed by atoms with van der Waals surface area (Å²) in [5.74, 6) is 1.38. The molecule has 5 heteroatoms. The van der Waals surface area contributed by atoms with Gasteiger partial charge in [-0.2, -0.15) is 13.2 Å². The smallest absolute Gasteiger partial charge is 0.370 e. The maximum absolute atomic E-state index is 12.8. The predicted molar refractivity (Wildman–Crippen MR) is 73.5 cm³/mol. The van der Waals surface area contributed by atoms with Crippen LogP contribution in [-0.4, -0.2) is 11.5 Å². The maximum Gasteiger partial charge on any atom is 0.419 e. The lowest BCUT2D eigenvalue weighted by Crippen LogP contribution is -2.17. The largest absolute Gasteiger partial charge is 0.419 e. The third-order valence-electron chi connectivity index (χ3n) is 4.09. The van der Waals surface area contributed by atoms with Crippen molar-refractivity contribution in [2.75, 3.05) is 11.9 Å². The van der Waals surface area contributed by atoms with Crippen LogP contribution in [0.1, 0.15) is 44.6 Å². The molecule has 0 aliphatic heterocycles. The van der Waals surface area contributed by atoms with Gasteiger partial charge in [-0.25, -0.2) is 4.98 Å². The third-order valence-corrected chi connectivity index (χ3v) is 4.09. The monoisotopic (exact) mass is 286 g/mol. The normalized spacial score (nSPS) is 23.6. The molecule has 1 fully saturated rings. The molecule has 0 radical (unpaired) electrons. The lowest BCUT2D eigenvalue weighted by molar-refractivity contribution is -0.137. The number of nitrogens with one attached hydrogen (secondary N) is 1. The highest BCUT2D eigenvalue weighted by Crippen LogP contribution is 2.34. The number of rotatable bonds is 4. The Bertz CT molecular complexity index is 423. The number of alkyl halides is 3. The first-order valence-corrected chi connectivity index (χ1v) is 7.23. The van der Waals surface area contributed by atoms with Gasteiger partial charge in [-0.15, -0.1) is 0 Å². The molecular weight excluding hydrogens is 265 g/mol. The molecule has 0 atom stereocenters. The number of pyridine rings is 1. The first-order valence-electron chi connectivity index (χ1n) is 7.23. The summed E-state index contributed by atoms with van der Waals surface area (Å²) in [6.45, 7) is 2.82. The van der Waals surface area contributed by atoms with Crippen molar-refractivity contribution in [3.05, 3.63) is 23.9 Å². The summed E-state index contributed by atoms with van der Waals surface area (Å²) in [5, 5.41) is 2.85. The van der Waals surface area contributed by atoms with Gasteiger partial charge in [-0.3, -0.25) is 0 Å². The van der Waals surface area contributed by atoms with Gasteiger partial charge < -0.3 is 5.32 Å². The molecule has 1 heterocycles. The van der Waals surface area contributed by atoms with Gasteiger partial charge in [0.05, 0.1) is 5.56 Å². The molecule has 0 saturated heterocycles. The average molecular weight is 286 g/mol. The second-order valence-electron chi connectivity index (χ2n) is 5.74. The average Bonchev–Trinajstić information content (AvgIpc) is 2.40. The van der Waals surface area contributed by atoms with Crippen molar-refractivity contribution in [2.45, 2.75) is 45.2 Å². The van der Waals surface area contributed by atoms with E-state index in [1.165, 1.54) is 37.9 Å². The SMILES string of the molecule is CC1CCC(CCNc2ncccc2C(F)(F)F)CC1. The van der Waals surface area contributed by atoms with E-state index in [0.29, 0.717) is 12.5 Å². The van der Waals surface area contributed by atoms with Gasteiger partial charge in [0.2, 0.25) is 0 Å². The molecule has 20 heavy (non-hydrogen) atoms. The number of hydrogen-bond acceptors (Lipinski definition) is 2. The van der Waals surface area contributed by atoms with Crippen molar-refractivity contribution in [3.8, 4) is 0 Å². The van der Waals surface area contributed by atoms with E-state index in [2.05, 4.69) is 17.2 Å². The Hall–Kier alpha value is -1.26. The van der Waals surface area contributed by atoms with E-state index in [9.17, 15) is 13.2 Å². The van der Waals surface area contributed by atoms with Crippen molar-refractivity contribution in [1.82, 2.24) is 4.98 Å². The minimum absolute atomic E-state index is 0.0517. The van der Waals surface area contributed by atoms with Crippen LogP contribution in [0.3, 0.4) is 0 Å². The fourth-order valence-corrected chi connectivity index (χ4v) is 2.79. The topological polar surface area (TPSA) is 24.9 Å². The number of nitrogens with zero attached hydrogens (tertiary/aromatic N) is 1. The van der Waals surface area contributed by atoms with Crippen LogP contribution < -0.4 is 5.32 Å². The fourth-order valence-electron chi connectivity index (χ4n) is 2.79. The molecule has 1 aliphatic rings. The molecule has 0 bridgehead atoms. The molecule has 1 aromatic heterocycles. The van der Waals surface area contributed by atoms with Crippen LogP contribution in [0.25, 0.3) is 0 Å². The van der Waals surface area contributed by atoms with Gasteiger partial charge in [0.1, 0.15) is 5.82 Å². The van der Waals surface area contributed by atoms with Crippen molar-refractivity contribution < 1.29 is 13.2 Å². The minimum atomic E-state index is -4.35. The summed E-state index contributed by atoms with van der Waals surface area (Å²) >= 11 is 0. The van der Waals surface area contributed by atoms with E-state index < -0.39 is 11.7 Å². The van der Waals surface area contributed by atoms with Gasteiger partial charge >= 0.3 is 6.18 Å². The Labute approximate surface area is 117 Å². The van der Waals surface area contributed by atoms with Crippen LogP contribution >= 0.6 is 0 Å². The van der Waals surface area contributed by atoms with Gasteiger partial charge in [0, 0.05) is 12.7 Å². The van der Waals surface area contributed by atoms with Crippen LogP contribution in [0, 0.1) is 11.8 Å². The lowest BCUT2D eigenvalue weighted by atomic mass is 9.81. The summed E-state index contributed by atoms with van der Waals surface area (Å²) in [4.78, 5) is 3.81. The first-order chi connectivity index (χ1) is 9.47. The third kappa shape index (κ3) is 4.12. The first kappa shape index (κ1) is 15.1. The maximum atomic E-state index is 12.8. The molecule has 2 rings (SSSR count). The zero-order valence-electron chi connectivity index (χ0n) is 11.7. The van der Waals surface area contributed by atoms with E-state index in [0.717, 1.165) is 18.4 Å². The second-order valence-corrected chi connectivity index (χ2v) is 5.74. The Kier molecular flexibility index (Phi) is 4.89. The summed E-state index contributed by atoms with van der Waals surface area (Å²) < 4.78 is 38.4. The lowest BCUT2D eigenvalue weighted by Gasteiger charge is -2.26. The van der Waals surface area contributed by atoms with Crippen LogP contribution in [0.5, 0.6) is 0 Å². The molecule has 0 unspecified atom stereocenters. The Balaban J connectivity index is 1.85. The Morgan fingerprint density at radius 2 is 1.95 bits per heavy atom. The zero-order chi connectivity index (χ0) is 14.6. The molecule has 2 nitrogen and oxygen atoms in total. The minimum Gasteiger partial charge on any atom is -0.370 e. The van der Waals surface area contributed by atoms with E-state index in [1.54, 1.807) is 0 Å². The van der Waals surface area contributed by atoms with Gasteiger partial charge in [-0.1, -0.05) is 32.6 Å². The number of halogens is 3. The molecule has 1 saturated carbocycles. The van der Waals surface area contributed by atoms with Gasteiger partial charge in [0.25, 0.3) is 0 Å². The number of aromatic nitrogens is 1. The molecule has 1 aromatic rings. The van der Waals surface area contributed by atoms with Crippen LogP contribution in [-0.2, 0) is 6.18 Å². The van der Waals surface area contributed by atoms with Gasteiger partial charge in [0.15, 0.2) is 0 Å². The van der Waals surface area contributed by atoms with E-state index >= 15 is 0 Å². The number of anilines is 1. The van der Waals surface area contributed by atoms with Crippen molar-refractivity contribution >= 4 is 5.82 Å². The van der Waals surface area contributed by atoms with Crippen molar-refractivity contribution in [3.63, 3.8) is 0 Å². The molecule has 1 aliphatic carbocycles. The molecule has 112 valence electrons.